The van der Waals surface area contributed by atoms with Crippen molar-refractivity contribution in [2.75, 3.05) is 18.4 Å². The van der Waals surface area contributed by atoms with Gasteiger partial charge in [-0.25, -0.2) is 0 Å². The van der Waals surface area contributed by atoms with Crippen molar-refractivity contribution in [3.8, 4) is 11.4 Å². The van der Waals surface area contributed by atoms with E-state index >= 15 is 0 Å². The van der Waals surface area contributed by atoms with Crippen molar-refractivity contribution in [2.24, 2.45) is 5.92 Å². The first-order chi connectivity index (χ1) is 15.0. The van der Waals surface area contributed by atoms with Crippen LogP contribution in [0.2, 0.25) is 0 Å². The lowest BCUT2D eigenvalue weighted by molar-refractivity contribution is -0.121. The third-order valence-electron chi connectivity index (χ3n) is 6.02. The summed E-state index contributed by atoms with van der Waals surface area (Å²) in [4.78, 5) is 19.5. The van der Waals surface area contributed by atoms with Gasteiger partial charge in [0, 0.05) is 17.2 Å². The number of amides is 1. The molecule has 1 saturated heterocycles. The highest BCUT2D eigenvalue weighted by Gasteiger charge is 2.26. The van der Waals surface area contributed by atoms with Gasteiger partial charge in [-0.2, -0.15) is 4.98 Å². The SMILES string of the molecule is Cc1ccccc1-c1noc(CN2CCC(C(=O)Nc3ccc(C(C)C)cc3)CC2)n1. The van der Waals surface area contributed by atoms with Gasteiger partial charge >= 0.3 is 0 Å². The fourth-order valence-electron chi connectivity index (χ4n) is 3.99. The number of nitrogens with one attached hydrogen (secondary N) is 1. The molecule has 6 nitrogen and oxygen atoms in total. The van der Waals surface area contributed by atoms with E-state index in [4.69, 9.17) is 4.52 Å². The second-order valence-corrected chi connectivity index (χ2v) is 8.64. The van der Waals surface area contributed by atoms with Gasteiger partial charge in [0.2, 0.25) is 17.6 Å². The molecule has 1 N–H and O–H groups in total. The van der Waals surface area contributed by atoms with Gasteiger partial charge in [0.05, 0.1) is 6.54 Å². The lowest BCUT2D eigenvalue weighted by Gasteiger charge is -2.30. The molecule has 1 aliphatic rings. The van der Waals surface area contributed by atoms with Gasteiger partial charge in [0.15, 0.2) is 0 Å². The van der Waals surface area contributed by atoms with Crippen LogP contribution in [0.5, 0.6) is 0 Å². The molecule has 0 atom stereocenters. The van der Waals surface area contributed by atoms with Crippen molar-refractivity contribution in [3.63, 3.8) is 0 Å². The summed E-state index contributed by atoms with van der Waals surface area (Å²) >= 11 is 0. The number of benzene rings is 2. The van der Waals surface area contributed by atoms with Gasteiger partial charge in [-0.15, -0.1) is 0 Å². The minimum absolute atomic E-state index is 0.0336. The van der Waals surface area contributed by atoms with Gasteiger partial charge in [0.25, 0.3) is 0 Å². The zero-order chi connectivity index (χ0) is 21.8. The minimum atomic E-state index is 0.0336. The maximum absolute atomic E-state index is 12.7. The van der Waals surface area contributed by atoms with Gasteiger partial charge < -0.3 is 9.84 Å². The molecule has 1 fully saturated rings. The lowest BCUT2D eigenvalue weighted by atomic mass is 9.95. The molecular weight excluding hydrogens is 388 g/mol. The Morgan fingerprint density at radius 2 is 1.84 bits per heavy atom. The summed E-state index contributed by atoms with van der Waals surface area (Å²) in [5.74, 6) is 1.88. The van der Waals surface area contributed by atoms with Crippen LogP contribution in [-0.4, -0.2) is 34.0 Å². The summed E-state index contributed by atoms with van der Waals surface area (Å²) in [5.41, 5.74) is 4.26. The van der Waals surface area contributed by atoms with Crippen LogP contribution in [0.1, 0.15) is 49.6 Å². The molecule has 1 aromatic heterocycles. The molecular formula is C25H30N4O2. The number of aryl methyl sites for hydroxylation is 1. The number of carbonyl (C=O) groups is 1. The Bertz CT molecular complexity index is 1020. The molecule has 2 heterocycles. The standard InChI is InChI=1S/C25H30N4O2/c1-17(2)19-8-10-21(11-9-19)26-25(30)20-12-14-29(15-13-20)16-23-27-24(28-31-23)22-7-5-4-6-18(22)3/h4-11,17,20H,12-16H2,1-3H3,(H,26,30). The van der Waals surface area contributed by atoms with Crippen LogP contribution in [0.4, 0.5) is 5.69 Å². The van der Waals surface area contributed by atoms with E-state index in [1.54, 1.807) is 0 Å². The smallest absolute Gasteiger partial charge is 0.241 e. The number of rotatable bonds is 6. The number of aromatic nitrogens is 2. The van der Waals surface area contributed by atoms with E-state index in [0.717, 1.165) is 42.7 Å². The maximum atomic E-state index is 12.7. The Balaban J connectivity index is 1.28. The molecule has 0 saturated carbocycles. The Morgan fingerprint density at radius 3 is 2.52 bits per heavy atom. The third-order valence-corrected chi connectivity index (χ3v) is 6.02. The van der Waals surface area contributed by atoms with Crippen LogP contribution in [-0.2, 0) is 11.3 Å². The number of hydrogen-bond acceptors (Lipinski definition) is 5. The van der Waals surface area contributed by atoms with E-state index in [2.05, 4.69) is 46.3 Å². The number of anilines is 1. The first-order valence-electron chi connectivity index (χ1n) is 11.0. The molecule has 4 rings (SSSR count). The molecule has 0 radical (unpaired) electrons. The molecule has 31 heavy (non-hydrogen) atoms. The Kier molecular flexibility index (Phi) is 6.47. The normalized spacial score (nSPS) is 15.4. The maximum Gasteiger partial charge on any atom is 0.241 e. The van der Waals surface area contributed by atoms with Crippen LogP contribution in [0.25, 0.3) is 11.4 Å². The average Bonchev–Trinajstić information content (AvgIpc) is 3.23. The fourth-order valence-corrected chi connectivity index (χ4v) is 3.99. The first kappa shape index (κ1) is 21.2. The van der Waals surface area contributed by atoms with Crippen LogP contribution in [0.3, 0.4) is 0 Å². The summed E-state index contributed by atoms with van der Waals surface area (Å²) in [6.07, 6.45) is 1.66. The fraction of sp³-hybridized carbons (Fsp3) is 0.400. The molecule has 3 aromatic rings. The monoisotopic (exact) mass is 418 g/mol. The van der Waals surface area contributed by atoms with Gasteiger partial charge in [-0.05, 0) is 62.0 Å². The molecule has 2 aromatic carbocycles. The van der Waals surface area contributed by atoms with Gasteiger partial charge in [-0.1, -0.05) is 55.4 Å². The van der Waals surface area contributed by atoms with E-state index in [0.29, 0.717) is 24.2 Å². The van der Waals surface area contributed by atoms with Crippen molar-refractivity contribution < 1.29 is 9.32 Å². The largest absolute Gasteiger partial charge is 0.338 e. The molecule has 0 spiro atoms. The van der Waals surface area contributed by atoms with E-state index in [9.17, 15) is 4.79 Å². The zero-order valence-electron chi connectivity index (χ0n) is 18.5. The van der Waals surface area contributed by atoms with Gasteiger partial charge in [-0.3, -0.25) is 9.69 Å². The van der Waals surface area contributed by atoms with Crippen molar-refractivity contribution in [3.05, 3.63) is 65.5 Å². The summed E-state index contributed by atoms with van der Waals surface area (Å²) < 4.78 is 5.47. The van der Waals surface area contributed by atoms with Crippen molar-refractivity contribution >= 4 is 11.6 Å². The van der Waals surface area contributed by atoms with Crippen LogP contribution in [0.15, 0.2) is 53.1 Å². The Labute approximate surface area is 183 Å². The second-order valence-electron chi connectivity index (χ2n) is 8.64. The summed E-state index contributed by atoms with van der Waals surface area (Å²) in [6.45, 7) is 8.67. The Morgan fingerprint density at radius 1 is 1.13 bits per heavy atom. The summed E-state index contributed by atoms with van der Waals surface area (Å²) in [7, 11) is 0. The number of piperidine rings is 1. The minimum Gasteiger partial charge on any atom is -0.338 e. The summed E-state index contributed by atoms with van der Waals surface area (Å²) in [5, 5.41) is 7.21. The van der Waals surface area contributed by atoms with Crippen LogP contribution >= 0.6 is 0 Å². The molecule has 1 amide bonds. The third kappa shape index (κ3) is 5.20. The highest BCUT2D eigenvalue weighted by molar-refractivity contribution is 5.92. The van der Waals surface area contributed by atoms with E-state index in [1.807, 2.05) is 43.3 Å². The molecule has 0 aliphatic carbocycles. The van der Waals surface area contributed by atoms with Gasteiger partial charge in [0.1, 0.15) is 0 Å². The average molecular weight is 419 g/mol. The van der Waals surface area contributed by atoms with Crippen LogP contribution < -0.4 is 5.32 Å². The Hall–Kier alpha value is -2.99. The van der Waals surface area contributed by atoms with E-state index in [-0.39, 0.29) is 11.8 Å². The van der Waals surface area contributed by atoms with Crippen molar-refractivity contribution in [1.29, 1.82) is 0 Å². The van der Waals surface area contributed by atoms with Crippen molar-refractivity contribution in [1.82, 2.24) is 15.0 Å². The van der Waals surface area contributed by atoms with E-state index < -0.39 is 0 Å². The molecule has 0 bridgehead atoms. The predicted molar refractivity (Wildman–Crippen MR) is 122 cm³/mol. The number of carbonyl (C=O) groups excluding carboxylic acids is 1. The molecule has 0 unspecified atom stereocenters. The summed E-state index contributed by atoms with van der Waals surface area (Å²) in [6, 6.07) is 16.2. The van der Waals surface area contributed by atoms with Crippen molar-refractivity contribution in [2.45, 2.75) is 46.1 Å². The van der Waals surface area contributed by atoms with Crippen LogP contribution in [0, 0.1) is 12.8 Å². The number of nitrogens with zero attached hydrogens (tertiary/aromatic N) is 3. The number of likely N-dealkylation sites (tertiary alicyclic amines) is 1. The second kappa shape index (κ2) is 9.43. The number of hydrogen-bond donors (Lipinski definition) is 1. The highest BCUT2D eigenvalue weighted by Crippen LogP contribution is 2.24. The quantitative estimate of drug-likeness (QED) is 0.609. The first-order valence-corrected chi connectivity index (χ1v) is 11.0. The topological polar surface area (TPSA) is 71.3 Å². The lowest BCUT2D eigenvalue weighted by Crippen LogP contribution is -2.37. The molecule has 6 heteroatoms. The molecule has 162 valence electrons. The predicted octanol–water partition coefficient (Wildman–Crippen LogP) is 5.02. The highest BCUT2D eigenvalue weighted by atomic mass is 16.5. The zero-order valence-corrected chi connectivity index (χ0v) is 18.5. The molecule has 1 aliphatic heterocycles. The van der Waals surface area contributed by atoms with E-state index in [1.165, 1.54) is 5.56 Å².